The van der Waals surface area contributed by atoms with Crippen LogP contribution in [0.3, 0.4) is 0 Å². The van der Waals surface area contributed by atoms with Crippen LogP contribution in [-0.4, -0.2) is 6.54 Å². The van der Waals surface area contributed by atoms with Gasteiger partial charge in [-0.1, -0.05) is 29.8 Å². The number of benzene rings is 1. The van der Waals surface area contributed by atoms with Crippen molar-refractivity contribution in [1.82, 2.24) is 5.32 Å². The Morgan fingerprint density at radius 2 is 2.05 bits per heavy atom. The lowest BCUT2D eigenvalue weighted by atomic mass is 10.0. The molecule has 0 aliphatic carbocycles. The molecule has 2 aromatic rings. The third kappa shape index (κ3) is 3.61. The molecule has 0 saturated heterocycles. The minimum Gasteiger partial charge on any atom is -0.464 e. The maximum atomic E-state index is 5.92. The number of nitrogens with one attached hydrogen (secondary N) is 1. The Bertz CT molecular complexity index is 553. The highest BCUT2D eigenvalue weighted by molar-refractivity contribution is 14.1. The molecule has 4 heteroatoms. The van der Waals surface area contributed by atoms with Crippen LogP contribution in [0.15, 0.2) is 39.2 Å². The summed E-state index contributed by atoms with van der Waals surface area (Å²) in [5.74, 6) is 2.01. The average molecular weight is 434 g/mol. The van der Waals surface area contributed by atoms with Gasteiger partial charge < -0.3 is 9.73 Å². The van der Waals surface area contributed by atoms with Crippen molar-refractivity contribution < 1.29 is 4.42 Å². The van der Waals surface area contributed by atoms with Crippen LogP contribution in [0.1, 0.15) is 37.0 Å². The van der Waals surface area contributed by atoms with Crippen molar-refractivity contribution in [2.75, 3.05) is 6.54 Å². The van der Waals surface area contributed by atoms with E-state index >= 15 is 0 Å². The molecule has 1 atom stereocenters. The van der Waals surface area contributed by atoms with E-state index in [4.69, 9.17) is 4.42 Å². The second kappa shape index (κ2) is 6.90. The van der Waals surface area contributed by atoms with Gasteiger partial charge in [0.25, 0.3) is 0 Å². The average Bonchev–Trinajstić information content (AvgIpc) is 2.88. The van der Waals surface area contributed by atoms with Crippen molar-refractivity contribution in [1.29, 1.82) is 0 Å². The normalized spacial score (nSPS) is 12.6. The largest absolute Gasteiger partial charge is 0.464 e. The Morgan fingerprint density at radius 3 is 2.68 bits per heavy atom. The summed E-state index contributed by atoms with van der Waals surface area (Å²) in [6.07, 6.45) is 0.925. The molecule has 102 valence electrons. The van der Waals surface area contributed by atoms with Gasteiger partial charge in [0.2, 0.25) is 0 Å². The van der Waals surface area contributed by atoms with Crippen molar-refractivity contribution in [3.05, 3.63) is 55.5 Å². The van der Waals surface area contributed by atoms with Crippen LogP contribution in [0.2, 0.25) is 0 Å². The standard InChI is InChI=1S/C15H17BrINO/c1-3-11-6-8-14(19-11)15(18-4-2)12-9-10(16)5-7-13(12)17/h5-9,15,18H,3-4H2,1-2H3. The van der Waals surface area contributed by atoms with E-state index < -0.39 is 0 Å². The van der Waals surface area contributed by atoms with E-state index in [0.29, 0.717) is 0 Å². The number of furan rings is 1. The number of hydrogen-bond donors (Lipinski definition) is 1. The quantitative estimate of drug-likeness (QED) is 0.678. The van der Waals surface area contributed by atoms with Gasteiger partial charge in [-0.15, -0.1) is 0 Å². The summed E-state index contributed by atoms with van der Waals surface area (Å²) in [4.78, 5) is 0. The van der Waals surface area contributed by atoms with Crippen molar-refractivity contribution in [2.45, 2.75) is 26.3 Å². The molecule has 0 saturated carbocycles. The number of aryl methyl sites for hydroxylation is 1. The third-order valence-corrected chi connectivity index (χ3v) is 4.47. The zero-order valence-electron chi connectivity index (χ0n) is 11.0. The third-order valence-electron chi connectivity index (χ3n) is 2.99. The molecule has 2 nitrogen and oxygen atoms in total. The van der Waals surface area contributed by atoms with E-state index in [2.05, 4.69) is 88.0 Å². The number of hydrogen-bond acceptors (Lipinski definition) is 2. The fraction of sp³-hybridized carbons (Fsp3) is 0.333. The maximum Gasteiger partial charge on any atom is 0.125 e. The molecule has 2 rings (SSSR count). The highest BCUT2D eigenvalue weighted by Crippen LogP contribution is 2.30. The van der Waals surface area contributed by atoms with E-state index in [1.165, 1.54) is 9.13 Å². The molecule has 1 aromatic heterocycles. The molecule has 1 aromatic carbocycles. The summed E-state index contributed by atoms with van der Waals surface area (Å²) in [6, 6.07) is 10.6. The van der Waals surface area contributed by atoms with Crippen LogP contribution in [0.25, 0.3) is 0 Å². The highest BCUT2D eigenvalue weighted by Gasteiger charge is 2.19. The molecule has 0 aliphatic rings. The first kappa shape index (κ1) is 15.1. The van der Waals surface area contributed by atoms with E-state index in [0.717, 1.165) is 29.0 Å². The molecular formula is C15H17BrINO. The van der Waals surface area contributed by atoms with Gasteiger partial charge in [0, 0.05) is 14.5 Å². The van der Waals surface area contributed by atoms with Crippen LogP contribution < -0.4 is 5.32 Å². The second-order valence-corrected chi connectivity index (χ2v) is 6.39. The Kier molecular flexibility index (Phi) is 5.47. The van der Waals surface area contributed by atoms with Crippen LogP contribution in [0.4, 0.5) is 0 Å². The Morgan fingerprint density at radius 1 is 1.26 bits per heavy atom. The van der Waals surface area contributed by atoms with Gasteiger partial charge in [0.15, 0.2) is 0 Å². The van der Waals surface area contributed by atoms with Crippen LogP contribution in [0, 0.1) is 3.57 Å². The van der Waals surface area contributed by atoms with Gasteiger partial charge >= 0.3 is 0 Å². The summed E-state index contributed by atoms with van der Waals surface area (Å²) in [5, 5.41) is 3.50. The van der Waals surface area contributed by atoms with E-state index in [-0.39, 0.29) is 6.04 Å². The zero-order valence-corrected chi connectivity index (χ0v) is 14.8. The minimum absolute atomic E-state index is 0.106. The summed E-state index contributed by atoms with van der Waals surface area (Å²) in [5.41, 5.74) is 1.24. The first-order chi connectivity index (χ1) is 9.15. The van der Waals surface area contributed by atoms with Crippen molar-refractivity contribution >= 4 is 38.5 Å². The van der Waals surface area contributed by atoms with Crippen molar-refractivity contribution in [2.24, 2.45) is 0 Å². The zero-order chi connectivity index (χ0) is 13.8. The minimum atomic E-state index is 0.106. The van der Waals surface area contributed by atoms with E-state index in [1.54, 1.807) is 0 Å². The molecule has 1 N–H and O–H groups in total. The predicted octanol–water partition coefficient (Wildman–Crippen LogP) is 4.91. The van der Waals surface area contributed by atoms with Gasteiger partial charge in [-0.25, -0.2) is 0 Å². The van der Waals surface area contributed by atoms with Gasteiger partial charge in [0.05, 0.1) is 6.04 Å². The molecule has 0 amide bonds. The molecule has 0 bridgehead atoms. The number of halogens is 2. The molecule has 1 unspecified atom stereocenters. The fourth-order valence-electron chi connectivity index (χ4n) is 2.04. The summed E-state index contributed by atoms with van der Waals surface area (Å²) in [7, 11) is 0. The Labute approximate surface area is 136 Å². The van der Waals surface area contributed by atoms with Crippen LogP contribution in [-0.2, 0) is 6.42 Å². The lowest BCUT2D eigenvalue weighted by Crippen LogP contribution is -2.22. The lowest BCUT2D eigenvalue weighted by molar-refractivity contribution is 0.425. The lowest BCUT2D eigenvalue weighted by Gasteiger charge is -2.18. The fourth-order valence-corrected chi connectivity index (χ4v) is 3.07. The predicted molar refractivity (Wildman–Crippen MR) is 90.5 cm³/mol. The van der Waals surface area contributed by atoms with Gasteiger partial charge in [0.1, 0.15) is 11.5 Å². The van der Waals surface area contributed by atoms with E-state index in [9.17, 15) is 0 Å². The summed E-state index contributed by atoms with van der Waals surface area (Å²) in [6.45, 7) is 5.12. The molecule has 0 spiro atoms. The number of rotatable bonds is 5. The summed E-state index contributed by atoms with van der Waals surface area (Å²) < 4.78 is 8.24. The van der Waals surface area contributed by atoms with Gasteiger partial charge in [-0.2, -0.15) is 0 Å². The van der Waals surface area contributed by atoms with Crippen LogP contribution >= 0.6 is 38.5 Å². The summed E-state index contributed by atoms with van der Waals surface area (Å²) >= 11 is 5.92. The maximum absolute atomic E-state index is 5.92. The molecule has 19 heavy (non-hydrogen) atoms. The van der Waals surface area contributed by atoms with Crippen molar-refractivity contribution in [3.8, 4) is 0 Å². The monoisotopic (exact) mass is 433 g/mol. The first-order valence-electron chi connectivity index (χ1n) is 6.42. The van der Waals surface area contributed by atoms with Gasteiger partial charge in [-0.3, -0.25) is 0 Å². The topological polar surface area (TPSA) is 25.2 Å². The Hall–Kier alpha value is -0.330. The van der Waals surface area contributed by atoms with Crippen molar-refractivity contribution in [3.63, 3.8) is 0 Å². The first-order valence-corrected chi connectivity index (χ1v) is 8.29. The molecule has 0 radical (unpaired) electrons. The smallest absolute Gasteiger partial charge is 0.125 e. The SMILES string of the molecule is CCNC(c1ccc(CC)o1)c1cc(Br)ccc1I. The molecule has 1 heterocycles. The molecular weight excluding hydrogens is 417 g/mol. The molecule has 0 fully saturated rings. The van der Waals surface area contributed by atoms with Crippen LogP contribution in [0.5, 0.6) is 0 Å². The highest BCUT2D eigenvalue weighted by atomic mass is 127. The van der Waals surface area contributed by atoms with E-state index in [1.807, 2.05) is 0 Å². The second-order valence-electron chi connectivity index (χ2n) is 4.31. The van der Waals surface area contributed by atoms with Gasteiger partial charge in [-0.05, 0) is 65.0 Å². The molecule has 0 aliphatic heterocycles. The Balaban J connectivity index is 2.41.